The summed E-state index contributed by atoms with van der Waals surface area (Å²) in [6.07, 6.45) is 6.88. The largest absolute Gasteiger partial charge is 0.296 e. The van der Waals surface area contributed by atoms with Gasteiger partial charge in [0.1, 0.15) is 5.92 Å². The lowest BCUT2D eigenvalue weighted by Gasteiger charge is -2.31. The molecule has 0 bridgehead atoms. The second kappa shape index (κ2) is 7.17. The van der Waals surface area contributed by atoms with Crippen molar-refractivity contribution in [2.75, 3.05) is 19.6 Å². The second-order valence-corrected chi connectivity index (χ2v) is 7.20. The molecule has 2 aliphatic rings. The molecule has 0 amide bonds. The van der Waals surface area contributed by atoms with Crippen LogP contribution in [0.4, 0.5) is 0 Å². The van der Waals surface area contributed by atoms with E-state index in [-0.39, 0.29) is 11.5 Å². The summed E-state index contributed by atoms with van der Waals surface area (Å²) in [5.41, 5.74) is -0.211. The molecule has 1 fully saturated rings. The highest BCUT2D eigenvalue weighted by atomic mass is 35.5. The van der Waals surface area contributed by atoms with Gasteiger partial charge >= 0.3 is 0 Å². The van der Waals surface area contributed by atoms with Crippen molar-refractivity contribution in [1.82, 2.24) is 4.90 Å². The number of halogens is 2. The number of nitro groups is 1. The van der Waals surface area contributed by atoms with Crippen LogP contribution in [0.5, 0.6) is 0 Å². The zero-order valence-corrected chi connectivity index (χ0v) is 15.0. The van der Waals surface area contributed by atoms with Gasteiger partial charge in [0.05, 0.1) is 12.6 Å². The van der Waals surface area contributed by atoms with Crippen molar-refractivity contribution >= 4 is 28.8 Å². The Morgan fingerprint density at radius 2 is 1.96 bits per heavy atom. The summed E-state index contributed by atoms with van der Waals surface area (Å²) in [7, 11) is 0. The van der Waals surface area contributed by atoms with E-state index in [2.05, 4.69) is 11.0 Å². The van der Waals surface area contributed by atoms with E-state index in [0.717, 1.165) is 25.9 Å². The van der Waals surface area contributed by atoms with Crippen LogP contribution in [0.25, 0.3) is 5.57 Å². The summed E-state index contributed by atoms with van der Waals surface area (Å²) < 4.78 is 0. The van der Waals surface area contributed by atoms with E-state index in [0.29, 0.717) is 21.2 Å². The molecule has 1 aliphatic carbocycles. The SMILES string of the molecule is N#CC1C=C(c2c(Cl)cccc2Cl)C=CC1(CN1CCCC1)[N+](=O)[O-]. The Bertz CT molecular complexity index is 774. The lowest BCUT2D eigenvalue weighted by atomic mass is 9.78. The van der Waals surface area contributed by atoms with Crippen LogP contribution in [0.3, 0.4) is 0 Å². The molecule has 5 nitrogen and oxygen atoms in total. The molecule has 7 heteroatoms. The summed E-state index contributed by atoms with van der Waals surface area (Å²) in [4.78, 5) is 13.6. The summed E-state index contributed by atoms with van der Waals surface area (Å²) in [6, 6.07) is 7.25. The van der Waals surface area contributed by atoms with E-state index >= 15 is 0 Å². The molecule has 1 aromatic rings. The zero-order valence-electron chi connectivity index (χ0n) is 13.5. The third-order valence-corrected chi connectivity index (χ3v) is 5.47. The minimum absolute atomic E-state index is 0.231. The van der Waals surface area contributed by atoms with Gasteiger partial charge in [0.25, 0.3) is 5.54 Å². The molecule has 130 valence electrons. The molecular weight excluding hydrogens is 361 g/mol. The fourth-order valence-electron chi connectivity index (χ4n) is 3.49. The van der Waals surface area contributed by atoms with Crippen LogP contribution < -0.4 is 0 Å². The van der Waals surface area contributed by atoms with Crippen LogP contribution in [0.15, 0.2) is 36.4 Å². The van der Waals surface area contributed by atoms with Gasteiger partial charge in [-0.1, -0.05) is 41.4 Å². The Morgan fingerprint density at radius 3 is 2.52 bits per heavy atom. The number of benzene rings is 1. The second-order valence-electron chi connectivity index (χ2n) is 6.39. The summed E-state index contributed by atoms with van der Waals surface area (Å²) >= 11 is 12.5. The monoisotopic (exact) mass is 377 g/mol. The number of hydrogen-bond donors (Lipinski definition) is 0. The van der Waals surface area contributed by atoms with Crippen LogP contribution in [0.2, 0.25) is 10.0 Å². The van der Waals surface area contributed by atoms with E-state index in [1.165, 1.54) is 6.08 Å². The van der Waals surface area contributed by atoms with Crippen LogP contribution in [-0.4, -0.2) is 35.0 Å². The van der Waals surface area contributed by atoms with Gasteiger partial charge in [-0.3, -0.25) is 15.0 Å². The van der Waals surface area contributed by atoms with Crippen molar-refractivity contribution in [3.05, 3.63) is 62.2 Å². The lowest BCUT2D eigenvalue weighted by molar-refractivity contribution is -0.560. The molecular formula is C18H17Cl2N3O2. The van der Waals surface area contributed by atoms with Crippen LogP contribution in [0, 0.1) is 27.4 Å². The summed E-state index contributed by atoms with van der Waals surface area (Å²) in [5.74, 6) is -0.893. The number of allylic oxidation sites excluding steroid dienone is 2. The molecule has 0 radical (unpaired) electrons. The maximum absolute atomic E-state index is 11.9. The van der Waals surface area contributed by atoms with Gasteiger partial charge in [0, 0.05) is 20.5 Å². The van der Waals surface area contributed by atoms with Gasteiger partial charge in [-0.25, -0.2) is 0 Å². The van der Waals surface area contributed by atoms with Gasteiger partial charge in [-0.15, -0.1) is 0 Å². The maximum Gasteiger partial charge on any atom is 0.272 e. The Hall–Kier alpha value is -1.87. The number of nitriles is 1. The molecule has 1 aliphatic heterocycles. The molecule has 0 spiro atoms. The van der Waals surface area contributed by atoms with Crippen molar-refractivity contribution in [3.63, 3.8) is 0 Å². The minimum Gasteiger partial charge on any atom is -0.296 e. The normalized spacial score (nSPS) is 26.3. The van der Waals surface area contributed by atoms with Crippen molar-refractivity contribution in [2.45, 2.75) is 18.4 Å². The Kier molecular flexibility index (Phi) is 5.14. The highest BCUT2D eigenvalue weighted by molar-refractivity contribution is 6.37. The van der Waals surface area contributed by atoms with Crippen molar-refractivity contribution in [2.24, 2.45) is 5.92 Å². The average Bonchev–Trinajstić information content (AvgIpc) is 3.08. The number of likely N-dealkylation sites (tertiary alicyclic amines) is 1. The van der Waals surface area contributed by atoms with E-state index in [4.69, 9.17) is 23.2 Å². The first-order valence-corrected chi connectivity index (χ1v) is 8.85. The molecule has 1 heterocycles. The first-order valence-electron chi connectivity index (χ1n) is 8.10. The molecule has 3 rings (SSSR count). The molecule has 1 aromatic carbocycles. The molecule has 2 atom stereocenters. The fourth-order valence-corrected chi connectivity index (χ4v) is 4.10. The first-order chi connectivity index (χ1) is 12.0. The Morgan fingerprint density at radius 1 is 1.32 bits per heavy atom. The minimum atomic E-state index is -1.45. The highest BCUT2D eigenvalue weighted by Gasteiger charge is 2.51. The Balaban J connectivity index is 2.00. The molecule has 25 heavy (non-hydrogen) atoms. The predicted molar refractivity (Wildman–Crippen MR) is 98.1 cm³/mol. The fraction of sp³-hybridized carbons (Fsp3) is 0.389. The van der Waals surface area contributed by atoms with Crippen LogP contribution in [-0.2, 0) is 0 Å². The van der Waals surface area contributed by atoms with Gasteiger partial charge in [-0.05, 0) is 49.7 Å². The number of nitrogens with zero attached hydrogens (tertiary/aromatic N) is 3. The van der Waals surface area contributed by atoms with E-state index in [1.807, 2.05) is 0 Å². The van der Waals surface area contributed by atoms with E-state index in [9.17, 15) is 15.4 Å². The van der Waals surface area contributed by atoms with Crippen molar-refractivity contribution < 1.29 is 4.92 Å². The van der Waals surface area contributed by atoms with Gasteiger partial charge < -0.3 is 0 Å². The first kappa shape index (κ1) is 17.9. The standard InChI is InChI=1S/C18H17Cl2N3O2/c19-15-4-3-5-16(20)17(15)13-6-7-18(23(24)25,14(10-13)11-21)12-22-8-1-2-9-22/h3-7,10,14H,1-2,8-9,12H2. The Labute approximate surface area is 156 Å². The summed E-state index contributed by atoms with van der Waals surface area (Å²) in [5, 5.41) is 22.4. The molecule has 0 aromatic heterocycles. The van der Waals surface area contributed by atoms with Crippen molar-refractivity contribution in [1.29, 1.82) is 5.26 Å². The zero-order chi connectivity index (χ0) is 18.0. The van der Waals surface area contributed by atoms with Gasteiger partial charge in [0.15, 0.2) is 0 Å². The third-order valence-electron chi connectivity index (χ3n) is 4.84. The average molecular weight is 378 g/mol. The molecule has 1 saturated heterocycles. The third kappa shape index (κ3) is 3.30. The van der Waals surface area contributed by atoms with E-state index in [1.54, 1.807) is 30.4 Å². The quantitative estimate of drug-likeness (QED) is 0.582. The van der Waals surface area contributed by atoms with Gasteiger partial charge in [0.2, 0.25) is 0 Å². The van der Waals surface area contributed by atoms with Crippen LogP contribution >= 0.6 is 23.2 Å². The van der Waals surface area contributed by atoms with E-state index < -0.39 is 11.5 Å². The molecule has 0 N–H and O–H groups in total. The van der Waals surface area contributed by atoms with Crippen molar-refractivity contribution in [3.8, 4) is 6.07 Å². The topological polar surface area (TPSA) is 70.2 Å². The lowest BCUT2D eigenvalue weighted by Crippen LogP contribution is -2.52. The van der Waals surface area contributed by atoms with Gasteiger partial charge in [-0.2, -0.15) is 5.26 Å². The molecule has 0 saturated carbocycles. The molecule has 2 unspecified atom stereocenters. The van der Waals surface area contributed by atoms with Crippen LogP contribution in [0.1, 0.15) is 18.4 Å². The number of rotatable bonds is 4. The maximum atomic E-state index is 11.9. The highest BCUT2D eigenvalue weighted by Crippen LogP contribution is 2.39. The predicted octanol–water partition coefficient (Wildman–Crippen LogP) is 4.20. The number of hydrogen-bond acceptors (Lipinski definition) is 4. The smallest absolute Gasteiger partial charge is 0.272 e. The summed E-state index contributed by atoms with van der Waals surface area (Å²) in [6.45, 7) is 1.89.